The Bertz CT molecular complexity index is 399. The third kappa shape index (κ3) is 4.20. The fraction of sp³-hybridized carbons (Fsp3) is 0.667. The number of hydrogen-bond donors (Lipinski definition) is 0. The molecule has 1 aromatic rings. The number of alkyl halides is 1. The van der Waals surface area contributed by atoms with Crippen LogP contribution in [-0.2, 0) is 11.3 Å². The number of ether oxygens (including phenoxy) is 1. The van der Waals surface area contributed by atoms with Gasteiger partial charge in [-0.1, -0.05) is 73.7 Å². The molecule has 0 bridgehead atoms. The molecule has 0 aliphatic heterocycles. The molecule has 0 aromatic heterocycles. The van der Waals surface area contributed by atoms with Crippen molar-refractivity contribution < 1.29 is 4.74 Å². The molecule has 1 aliphatic rings. The average Bonchev–Trinajstić information content (AvgIpc) is 2.46. The van der Waals surface area contributed by atoms with Crippen LogP contribution in [0.1, 0.15) is 52.0 Å². The summed E-state index contributed by atoms with van der Waals surface area (Å²) in [6.07, 6.45) is 5.04. The Kier molecular flexibility index (Phi) is 5.52. The molecule has 0 amide bonds. The van der Waals surface area contributed by atoms with Crippen LogP contribution >= 0.6 is 22.6 Å². The molecular formula is C18H27IO. The number of hydrogen-bond acceptors (Lipinski definition) is 1. The summed E-state index contributed by atoms with van der Waals surface area (Å²) in [5.74, 6) is 0.846. The van der Waals surface area contributed by atoms with Crippen molar-refractivity contribution in [1.29, 1.82) is 0 Å². The zero-order chi connectivity index (χ0) is 14.6. The van der Waals surface area contributed by atoms with Crippen molar-refractivity contribution in [2.24, 2.45) is 11.3 Å². The maximum absolute atomic E-state index is 6.36. The summed E-state index contributed by atoms with van der Waals surface area (Å²) in [7, 11) is 0. The topological polar surface area (TPSA) is 9.23 Å². The molecule has 1 saturated carbocycles. The fourth-order valence-electron chi connectivity index (χ4n) is 3.14. The van der Waals surface area contributed by atoms with Gasteiger partial charge in [-0.3, -0.25) is 0 Å². The first-order valence-corrected chi connectivity index (χ1v) is 9.22. The summed E-state index contributed by atoms with van der Waals surface area (Å²) in [5, 5.41) is 0. The SMILES string of the molecule is CC(C)(C)C1CCC(CI)(OCc2ccccc2)CC1. The third-order valence-electron chi connectivity index (χ3n) is 4.75. The van der Waals surface area contributed by atoms with Gasteiger partial charge in [-0.15, -0.1) is 0 Å². The minimum Gasteiger partial charge on any atom is -0.370 e. The molecule has 0 N–H and O–H groups in total. The highest BCUT2D eigenvalue weighted by Crippen LogP contribution is 2.43. The largest absolute Gasteiger partial charge is 0.370 e. The zero-order valence-corrected chi connectivity index (χ0v) is 15.2. The molecule has 1 aliphatic carbocycles. The van der Waals surface area contributed by atoms with Crippen LogP contribution < -0.4 is 0 Å². The number of halogens is 1. The van der Waals surface area contributed by atoms with Gasteiger partial charge in [0, 0.05) is 4.43 Å². The third-order valence-corrected chi connectivity index (χ3v) is 6.14. The van der Waals surface area contributed by atoms with Crippen molar-refractivity contribution in [3.63, 3.8) is 0 Å². The molecule has 20 heavy (non-hydrogen) atoms. The molecule has 0 unspecified atom stereocenters. The van der Waals surface area contributed by atoms with Crippen LogP contribution in [0.4, 0.5) is 0 Å². The Hall–Kier alpha value is -0.0900. The highest BCUT2D eigenvalue weighted by atomic mass is 127. The van der Waals surface area contributed by atoms with Gasteiger partial charge in [0.25, 0.3) is 0 Å². The molecule has 1 fully saturated rings. The van der Waals surface area contributed by atoms with Gasteiger partial charge in [0.05, 0.1) is 12.2 Å². The summed E-state index contributed by atoms with van der Waals surface area (Å²) < 4.78 is 7.46. The van der Waals surface area contributed by atoms with E-state index in [0.717, 1.165) is 17.0 Å². The van der Waals surface area contributed by atoms with Gasteiger partial charge in [0.1, 0.15) is 0 Å². The summed E-state index contributed by atoms with van der Waals surface area (Å²) >= 11 is 2.51. The Morgan fingerprint density at radius 2 is 1.75 bits per heavy atom. The van der Waals surface area contributed by atoms with E-state index in [9.17, 15) is 0 Å². The molecular weight excluding hydrogens is 359 g/mol. The van der Waals surface area contributed by atoms with E-state index >= 15 is 0 Å². The second kappa shape index (κ2) is 6.78. The van der Waals surface area contributed by atoms with E-state index in [1.165, 1.54) is 31.2 Å². The van der Waals surface area contributed by atoms with Crippen molar-refractivity contribution in [2.45, 2.75) is 58.7 Å². The lowest BCUT2D eigenvalue weighted by atomic mass is 9.69. The maximum Gasteiger partial charge on any atom is 0.0776 e. The molecule has 0 spiro atoms. The van der Waals surface area contributed by atoms with Gasteiger partial charge in [-0.05, 0) is 42.6 Å². The van der Waals surface area contributed by atoms with E-state index < -0.39 is 0 Å². The Balaban J connectivity index is 1.92. The highest BCUT2D eigenvalue weighted by molar-refractivity contribution is 14.1. The minimum atomic E-state index is 0.109. The van der Waals surface area contributed by atoms with Crippen LogP contribution in [0.5, 0.6) is 0 Å². The number of benzene rings is 1. The lowest BCUT2D eigenvalue weighted by Crippen LogP contribution is -2.41. The first kappa shape index (κ1) is 16.3. The molecule has 0 radical (unpaired) electrons. The molecule has 1 nitrogen and oxygen atoms in total. The van der Waals surface area contributed by atoms with Crippen LogP contribution in [0.2, 0.25) is 0 Å². The van der Waals surface area contributed by atoms with Crippen molar-refractivity contribution in [3.05, 3.63) is 35.9 Å². The monoisotopic (exact) mass is 386 g/mol. The maximum atomic E-state index is 6.36. The average molecular weight is 386 g/mol. The van der Waals surface area contributed by atoms with E-state index in [2.05, 4.69) is 73.7 Å². The molecule has 112 valence electrons. The summed E-state index contributed by atoms with van der Waals surface area (Å²) in [4.78, 5) is 0. The van der Waals surface area contributed by atoms with E-state index in [-0.39, 0.29) is 5.60 Å². The normalized spacial score (nSPS) is 27.5. The Morgan fingerprint density at radius 3 is 2.25 bits per heavy atom. The molecule has 0 saturated heterocycles. The van der Waals surface area contributed by atoms with Gasteiger partial charge >= 0.3 is 0 Å². The fourth-order valence-corrected chi connectivity index (χ4v) is 4.12. The predicted octanol–water partition coefficient (Wildman–Crippen LogP) is 5.61. The second-order valence-electron chi connectivity index (χ2n) is 7.23. The predicted molar refractivity (Wildman–Crippen MR) is 94.3 cm³/mol. The van der Waals surface area contributed by atoms with Crippen molar-refractivity contribution in [2.75, 3.05) is 4.43 Å². The van der Waals surface area contributed by atoms with Crippen LogP contribution in [0, 0.1) is 11.3 Å². The quantitative estimate of drug-likeness (QED) is 0.483. The zero-order valence-electron chi connectivity index (χ0n) is 13.0. The van der Waals surface area contributed by atoms with E-state index in [1.54, 1.807) is 0 Å². The van der Waals surface area contributed by atoms with E-state index in [1.807, 2.05) is 0 Å². The summed E-state index contributed by atoms with van der Waals surface area (Å²) in [5.41, 5.74) is 1.84. The number of rotatable bonds is 4. The van der Waals surface area contributed by atoms with Crippen LogP contribution in [0.25, 0.3) is 0 Å². The van der Waals surface area contributed by atoms with Gasteiger partial charge in [-0.2, -0.15) is 0 Å². The standard InChI is InChI=1S/C18H27IO/c1-17(2,3)16-9-11-18(14-19,12-10-16)20-13-15-7-5-4-6-8-15/h4-8,16H,9-14H2,1-3H3. The van der Waals surface area contributed by atoms with Crippen molar-refractivity contribution in [3.8, 4) is 0 Å². The summed E-state index contributed by atoms with van der Waals surface area (Å²) in [6, 6.07) is 10.5. The first-order chi connectivity index (χ1) is 9.45. The summed E-state index contributed by atoms with van der Waals surface area (Å²) in [6.45, 7) is 7.88. The molecule has 2 heteroatoms. The van der Waals surface area contributed by atoms with Crippen LogP contribution in [0.3, 0.4) is 0 Å². The van der Waals surface area contributed by atoms with Gasteiger partial charge < -0.3 is 4.74 Å². The van der Waals surface area contributed by atoms with Crippen LogP contribution in [-0.4, -0.2) is 10.0 Å². The lowest BCUT2D eigenvalue weighted by molar-refractivity contribution is -0.0772. The smallest absolute Gasteiger partial charge is 0.0776 e. The molecule has 1 aromatic carbocycles. The lowest BCUT2D eigenvalue weighted by Gasteiger charge is -2.43. The molecule has 0 atom stereocenters. The van der Waals surface area contributed by atoms with Gasteiger partial charge in [-0.25, -0.2) is 0 Å². The van der Waals surface area contributed by atoms with Crippen LogP contribution in [0.15, 0.2) is 30.3 Å². The van der Waals surface area contributed by atoms with Crippen molar-refractivity contribution in [1.82, 2.24) is 0 Å². The van der Waals surface area contributed by atoms with Gasteiger partial charge in [0.15, 0.2) is 0 Å². The molecule has 0 heterocycles. The highest BCUT2D eigenvalue weighted by Gasteiger charge is 2.38. The second-order valence-corrected chi connectivity index (χ2v) is 7.99. The Labute approximate surface area is 137 Å². The minimum absolute atomic E-state index is 0.109. The molecule has 2 rings (SSSR count). The van der Waals surface area contributed by atoms with E-state index in [0.29, 0.717) is 5.41 Å². The first-order valence-electron chi connectivity index (χ1n) is 7.69. The van der Waals surface area contributed by atoms with Gasteiger partial charge in [0.2, 0.25) is 0 Å². The Morgan fingerprint density at radius 1 is 1.15 bits per heavy atom. The van der Waals surface area contributed by atoms with E-state index in [4.69, 9.17) is 4.74 Å². The van der Waals surface area contributed by atoms with Crippen molar-refractivity contribution >= 4 is 22.6 Å².